The number of aromatic nitrogens is 3. The number of furan rings is 1. The number of non-ortho nitro benzene ring substituents is 1. The second-order valence-corrected chi connectivity index (χ2v) is 7.02. The molecule has 2 aromatic carbocycles. The third-order valence-electron chi connectivity index (χ3n) is 4.26. The zero-order chi connectivity index (χ0) is 19.5. The van der Waals surface area contributed by atoms with Crippen molar-refractivity contribution in [3.05, 3.63) is 88.4 Å². The molecule has 4 aromatic rings. The SMILES string of the molecule is Cc1occc1-c1nnc(SCc2ccc([N+](=O)[O-])cc2)n1-c1ccccc1. The first-order chi connectivity index (χ1) is 13.6. The standard InChI is InChI=1S/C20H16N4O3S/c1-14-18(11-12-27-14)19-21-22-20(23(19)16-5-3-2-4-6-16)28-13-15-7-9-17(10-8-15)24(25)26/h2-12H,13H2,1H3. The number of rotatable bonds is 6. The van der Waals surface area contributed by atoms with Crippen LogP contribution in [0, 0.1) is 17.0 Å². The topological polar surface area (TPSA) is 87.0 Å². The molecule has 0 spiro atoms. The van der Waals surface area contributed by atoms with E-state index in [1.54, 1.807) is 18.4 Å². The van der Waals surface area contributed by atoms with Gasteiger partial charge in [-0.15, -0.1) is 10.2 Å². The second kappa shape index (κ2) is 7.69. The van der Waals surface area contributed by atoms with Gasteiger partial charge in [0.2, 0.25) is 0 Å². The Kier molecular flexibility index (Phi) is 4.94. The van der Waals surface area contributed by atoms with Crippen LogP contribution in [0.3, 0.4) is 0 Å². The van der Waals surface area contributed by atoms with Gasteiger partial charge < -0.3 is 4.42 Å². The number of nitrogens with zero attached hydrogens (tertiary/aromatic N) is 4. The summed E-state index contributed by atoms with van der Waals surface area (Å²) in [4.78, 5) is 10.4. The predicted molar refractivity (Wildman–Crippen MR) is 106 cm³/mol. The van der Waals surface area contributed by atoms with E-state index in [1.807, 2.05) is 47.9 Å². The first-order valence-corrected chi connectivity index (χ1v) is 9.53. The van der Waals surface area contributed by atoms with E-state index in [0.717, 1.165) is 27.7 Å². The molecule has 0 atom stereocenters. The summed E-state index contributed by atoms with van der Waals surface area (Å²) in [6.45, 7) is 1.89. The molecule has 0 aliphatic rings. The first-order valence-electron chi connectivity index (χ1n) is 8.55. The van der Waals surface area contributed by atoms with Crippen LogP contribution in [0.25, 0.3) is 17.1 Å². The Balaban J connectivity index is 1.66. The fourth-order valence-corrected chi connectivity index (χ4v) is 3.73. The van der Waals surface area contributed by atoms with Gasteiger partial charge in [-0.2, -0.15) is 0 Å². The van der Waals surface area contributed by atoms with Crippen molar-refractivity contribution >= 4 is 17.4 Å². The molecule has 8 heteroatoms. The van der Waals surface area contributed by atoms with Crippen LogP contribution in [-0.4, -0.2) is 19.7 Å². The van der Waals surface area contributed by atoms with E-state index in [9.17, 15) is 10.1 Å². The van der Waals surface area contributed by atoms with Gasteiger partial charge in [-0.25, -0.2) is 0 Å². The molecule has 2 aromatic heterocycles. The molecule has 0 radical (unpaired) electrons. The van der Waals surface area contributed by atoms with Gasteiger partial charge in [0.25, 0.3) is 5.69 Å². The summed E-state index contributed by atoms with van der Waals surface area (Å²) in [6, 6.07) is 18.3. The van der Waals surface area contributed by atoms with Crippen LogP contribution in [0.2, 0.25) is 0 Å². The number of hydrogen-bond donors (Lipinski definition) is 0. The molecule has 0 amide bonds. The van der Waals surface area contributed by atoms with Crippen molar-refractivity contribution in [2.45, 2.75) is 17.8 Å². The summed E-state index contributed by atoms with van der Waals surface area (Å²) in [5.74, 6) is 2.10. The van der Waals surface area contributed by atoms with Gasteiger partial charge in [0.05, 0.1) is 16.7 Å². The van der Waals surface area contributed by atoms with Crippen LogP contribution in [-0.2, 0) is 5.75 Å². The summed E-state index contributed by atoms with van der Waals surface area (Å²) >= 11 is 1.52. The number of nitro benzene ring substituents is 1. The minimum absolute atomic E-state index is 0.0823. The molecule has 7 nitrogen and oxygen atoms in total. The van der Waals surface area contributed by atoms with Crippen molar-refractivity contribution in [3.8, 4) is 17.1 Å². The van der Waals surface area contributed by atoms with E-state index in [4.69, 9.17) is 4.42 Å². The summed E-state index contributed by atoms with van der Waals surface area (Å²) < 4.78 is 7.43. The van der Waals surface area contributed by atoms with E-state index in [1.165, 1.54) is 23.9 Å². The molecular weight excluding hydrogens is 376 g/mol. The minimum Gasteiger partial charge on any atom is -0.469 e. The van der Waals surface area contributed by atoms with Crippen molar-refractivity contribution in [1.82, 2.24) is 14.8 Å². The highest BCUT2D eigenvalue weighted by atomic mass is 32.2. The van der Waals surface area contributed by atoms with Crippen LogP contribution in [0.5, 0.6) is 0 Å². The Labute approximate surface area is 165 Å². The molecule has 28 heavy (non-hydrogen) atoms. The summed E-state index contributed by atoms with van der Waals surface area (Å²) in [5, 5.41) is 20.3. The summed E-state index contributed by atoms with van der Waals surface area (Å²) in [7, 11) is 0. The highest BCUT2D eigenvalue weighted by molar-refractivity contribution is 7.98. The van der Waals surface area contributed by atoms with Gasteiger partial charge in [-0.1, -0.05) is 42.1 Å². The van der Waals surface area contributed by atoms with Crippen molar-refractivity contribution in [1.29, 1.82) is 0 Å². The Hall–Kier alpha value is -3.39. The first kappa shape index (κ1) is 18.0. The van der Waals surface area contributed by atoms with E-state index in [2.05, 4.69) is 10.2 Å². The third kappa shape index (κ3) is 3.54. The third-order valence-corrected chi connectivity index (χ3v) is 5.26. The molecule has 4 rings (SSSR count). The normalized spacial score (nSPS) is 10.9. The van der Waals surface area contributed by atoms with E-state index in [-0.39, 0.29) is 5.69 Å². The maximum Gasteiger partial charge on any atom is 0.269 e. The predicted octanol–water partition coefficient (Wildman–Crippen LogP) is 5.04. The molecule has 2 heterocycles. The average molecular weight is 392 g/mol. The van der Waals surface area contributed by atoms with Crippen LogP contribution >= 0.6 is 11.8 Å². The van der Waals surface area contributed by atoms with Crippen molar-refractivity contribution in [2.24, 2.45) is 0 Å². The molecule has 0 saturated heterocycles. The fraction of sp³-hybridized carbons (Fsp3) is 0.100. The fourth-order valence-electron chi connectivity index (χ4n) is 2.83. The van der Waals surface area contributed by atoms with Crippen molar-refractivity contribution < 1.29 is 9.34 Å². The largest absolute Gasteiger partial charge is 0.469 e. The highest BCUT2D eigenvalue weighted by Gasteiger charge is 2.19. The quantitative estimate of drug-likeness (QED) is 0.260. The number of hydrogen-bond acceptors (Lipinski definition) is 6. The number of aryl methyl sites for hydroxylation is 1. The maximum absolute atomic E-state index is 10.8. The molecule has 0 unspecified atom stereocenters. The van der Waals surface area contributed by atoms with Crippen LogP contribution in [0.4, 0.5) is 5.69 Å². The van der Waals surface area contributed by atoms with Gasteiger partial charge in [-0.3, -0.25) is 14.7 Å². The lowest BCUT2D eigenvalue weighted by atomic mass is 10.2. The molecular formula is C20H16N4O3S. The molecule has 0 fully saturated rings. The Morgan fingerprint density at radius 2 is 1.82 bits per heavy atom. The van der Waals surface area contributed by atoms with Crippen molar-refractivity contribution in [3.63, 3.8) is 0 Å². The lowest BCUT2D eigenvalue weighted by molar-refractivity contribution is -0.384. The smallest absolute Gasteiger partial charge is 0.269 e. The Morgan fingerprint density at radius 3 is 2.46 bits per heavy atom. The van der Waals surface area contributed by atoms with E-state index < -0.39 is 4.92 Å². The monoisotopic (exact) mass is 392 g/mol. The van der Waals surface area contributed by atoms with Gasteiger partial charge in [-0.05, 0) is 30.7 Å². The molecule has 0 aliphatic heterocycles. The number of nitro groups is 1. The molecule has 0 bridgehead atoms. The van der Waals surface area contributed by atoms with Gasteiger partial charge >= 0.3 is 0 Å². The Morgan fingerprint density at radius 1 is 1.07 bits per heavy atom. The number of benzene rings is 2. The summed E-state index contributed by atoms with van der Waals surface area (Å²) in [6.07, 6.45) is 1.64. The molecule has 0 saturated carbocycles. The van der Waals surface area contributed by atoms with E-state index >= 15 is 0 Å². The maximum atomic E-state index is 10.8. The number of thioether (sulfide) groups is 1. The zero-order valence-corrected chi connectivity index (χ0v) is 15.8. The van der Waals surface area contributed by atoms with Crippen LogP contribution in [0.1, 0.15) is 11.3 Å². The van der Waals surface area contributed by atoms with Gasteiger partial charge in [0, 0.05) is 23.6 Å². The van der Waals surface area contributed by atoms with E-state index in [0.29, 0.717) is 11.6 Å². The molecule has 0 aliphatic carbocycles. The Bertz CT molecular complexity index is 1100. The minimum atomic E-state index is -0.400. The lowest BCUT2D eigenvalue weighted by Gasteiger charge is -2.10. The highest BCUT2D eigenvalue weighted by Crippen LogP contribution is 2.31. The zero-order valence-electron chi connectivity index (χ0n) is 15.0. The lowest BCUT2D eigenvalue weighted by Crippen LogP contribution is -1.99. The number of para-hydroxylation sites is 1. The van der Waals surface area contributed by atoms with Gasteiger partial charge in [0.15, 0.2) is 11.0 Å². The summed E-state index contributed by atoms with van der Waals surface area (Å²) in [5.41, 5.74) is 2.89. The van der Waals surface area contributed by atoms with Crippen LogP contribution < -0.4 is 0 Å². The average Bonchev–Trinajstić information content (AvgIpc) is 3.33. The molecule has 140 valence electrons. The van der Waals surface area contributed by atoms with Crippen molar-refractivity contribution in [2.75, 3.05) is 0 Å². The second-order valence-electron chi connectivity index (χ2n) is 6.08. The van der Waals surface area contributed by atoms with Gasteiger partial charge in [0.1, 0.15) is 5.76 Å². The molecule has 0 N–H and O–H groups in total. The van der Waals surface area contributed by atoms with Crippen LogP contribution in [0.15, 0.2) is 76.5 Å².